The van der Waals surface area contributed by atoms with Gasteiger partial charge in [-0.1, -0.05) is 6.42 Å². The van der Waals surface area contributed by atoms with Gasteiger partial charge < -0.3 is 4.90 Å². The number of likely N-dealkylation sites (tertiary alicyclic amines) is 2. The molecule has 0 N–H and O–H groups in total. The van der Waals surface area contributed by atoms with Gasteiger partial charge in [-0.25, -0.2) is 4.98 Å². The molecule has 1 atom stereocenters. The van der Waals surface area contributed by atoms with Crippen LogP contribution in [0.1, 0.15) is 44.9 Å². The highest BCUT2D eigenvalue weighted by Crippen LogP contribution is 2.19. The molecule has 1 aromatic rings. The molecule has 0 bridgehead atoms. The second-order valence-electron chi connectivity index (χ2n) is 6.49. The van der Waals surface area contributed by atoms with Gasteiger partial charge in [0.15, 0.2) is 0 Å². The molecule has 122 valence electrons. The van der Waals surface area contributed by atoms with Crippen molar-refractivity contribution in [1.82, 2.24) is 24.6 Å². The van der Waals surface area contributed by atoms with Gasteiger partial charge in [-0.3, -0.25) is 14.4 Å². The van der Waals surface area contributed by atoms with E-state index < -0.39 is 0 Å². The van der Waals surface area contributed by atoms with Crippen LogP contribution < -0.4 is 0 Å². The molecule has 1 amide bonds. The lowest BCUT2D eigenvalue weighted by atomic mass is 10.0. The fourth-order valence-electron chi connectivity index (χ4n) is 3.64. The zero-order valence-corrected chi connectivity index (χ0v) is 13.4. The summed E-state index contributed by atoms with van der Waals surface area (Å²) in [6, 6.07) is 0.490. The molecule has 1 aromatic heterocycles. The van der Waals surface area contributed by atoms with E-state index >= 15 is 0 Å². The van der Waals surface area contributed by atoms with Gasteiger partial charge in [-0.2, -0.15) is 5.10 Å². The Hall–Kier alpha value is -1.43. The van der Waals surface area contributed by atoms with Crippen molar-refractivity contribution < 1.29 is 4.79 Å². The van der Waals surface area contributed by atoms with Crippen molar-refractivity contribution in [3.63, 3.8) is 0 Å². The molecule has 3 heterocycles. The molecule has 0 saturated carbocycles. The average Bonchev–Trinajstić information content (AvgIpc) is 3.07. The highest BCUT2D eigenvalue weighted by atomic mass is 16.2. The van der Waals surface area contributed by atoms with Gasteiger partial charge >= 0.3 is 0 Å². The number of carbonyl (C=O) groups is 1. The highest BCUT2D eigenvalue weighted by Gasteiger charge is 2.24. The molecule has 6 heteroatoms. The molecule has 2 saturated heterocycles. The molecule has 0 spiro atoms. The van der Waals surface area contributed by atoms with Gasteiger partial charge in [-0.15, -0.1) is 0 Å². The summed E-state index contributed by atoms with van der Waals surface area (Å²) >= 11 is 0. The summed E-state index contributed by atoms with van der Waals surface area (Å²) in [6.07, 6.45) is 11.4. The van der Waals surface area contributed by atoms with Gasteiger partial charge in [0.1, 0.15) is 12.7 Å². The highest BCUT2D eigenvalue weighted by molar-refractivity contribution is 5.76. The van der Waals surface area contributed by atoms with Crippen LogP contribution >= 0.6 is 0 Å². The van der Waals surface area contributed by atoms with Crippen LogP contribution in [0.4, 0.5) is 0 Å². The third-order valence-electron chi connectivity index (χ3n) is 4.94. The molecule has 2 aliphatic heterocycles. The third kappa shape index (κ3) is 4.06. The number of carbonyl (C=O) groups excluding carboxylic acids is 1. The first-order valence-corrected chi connectivity index (χ1v) is 8.67. The maximum Gasteiger partial charge on any atom is 0.223 e. The molecular weight excluding hydrogens is 278 g/mol. The summed E-state index contributed by atoms with van der Waals surface area (Å²) in [5.41, 5.74) is 0. The van der Waals surface area contributed by atoms with E-state index in [-0.39, 0.29) is 0 Å². The van der Waals surface area contributed by atoms with E-state index in [1.165, 1.54) is 38.5 Å². The maximum absolute atomic E-state index is 12.3. The van der Waals surface area contributed by atoms with Gasteiger partial charge in [0.2, 0.25) is 5.91 Å². The molecule has 0 aliphatic carbocycles. The lowest BCUT2D eigenvalue weighted by Gasteiger charge is -2.36. The number of hydrogen-bond donors (Lipinski definition) is 0. The minimum absolute atomic E-state index is 0.338. The van der Waals surface area contributed by atoms with Crippen molar-refractivity contribution in [3.05, 3.63) is 12.7 Å². The molecule has 2 aliphatic rings. The Morgan fingerprint density at radius 1 is 1.09 bits per heavy atom. The summed E-state index contributed by atoms with van der Waals surface area (Å²) in [5, 5.41) is 4.22. The van der Waals surface area contributed by atoms with E-state index in [0.717, 1.165) is 32.7 Å². The number of hydrogen-bond acceptors (Lipinski definition) is 4. The Kier molecular flexibility index (Phi) is 5.43. The lowest BCUT2D eigenvalue weighted by molar-refractivity contribution is -0.132. The van der Waals surface area contributed by atoms with Crippen LogP contribution in [0.15, 0.2) is 12.7 Å². The second-order valence-corrected chi connectivity index (χ2v) is 6.49. The summed E-state index contributed by atoms with van der Waals surface area (Å²) in [6.45, 7) is 4.79. The first kappa shape index (κ1) is 15.5. The predicted molar refractivity (Wildman–Crippen MR) is 84.3 cm³/mol. The molecular formula is C16H27N5O. The van der Waals surface area contributed by atoms with Gasteiger partial charge in [0.05, 0.1) is 6.54 Å². The molecule has 0 unspecified atom stereocenters. The molecule has 0 aromatic carbocycles. The first-order valence-electron chi connectivity index (χ1n) is 8.67. The van der Waals surface area contributed by atoms with E-state index in [9.17, 15) is 4.79 Å². The van der Waals surface area contributed by atoms with E-state index in [1.807, 2.05) is 4.68 Å². The van der Waals surface area contributed by atoms with Gasteiger partial charge in [0.25, 0.3) is 0 Å². The maximum atomic E-state index is 12.3. The monoisotopic (exact) mass is 305 g/mol. The van der Waals surface area contributed by atoms with E-state index in [0.29, 0.717) is 18.4 Å². The average molecular weight is 305 g/mol. The molecule has 3 rings (SSSR count). The van der Waals surface area contributed by atoms with Gasteiger partial charge in [0, 0.05) is 32.1 Å². The predicted octanol–water partition coefficient (Wildman–Crippen LogP) is 1.54. The summed E-state index contributed by atoms with van der Waals surface area (Å²) < 4.78 is 1.91. The molecule has 6 nitrogen and oxygen atoms in total. The minimum atomic E-state index is 0.338. The van der Waals surface area contributed by atoms with Crippen LogP contribution in [0, 0.1) is 0 Å². The van der Waals surface area contributed by atoms with Gasteiger partial charge in [-0.05, 0) is 38.6 Å². The van der Waals surface area contributed by atoms with E-state index in [1.54, 1.807) is 12.7 Å². The van der Waals surface area contributed by atoms with Crippen LogP contribution in [0.2, 0.25) is 0 Å². The Labute approximate surface area is 132 Å². The zero-order chi connectivity index (χ0) is 15.2. The van der Waals surface area contributed by atoms with E-state index in [2.05, 4.69) is 19.9 Å². The normalized spacial score (nSPS) is 23.6. The number of amides is 1. The second kappa shape index (κ2) is 7.72. The zero-order valence-electron chi connectivity index (χ0n) is 13.4. The fourth-order valence-corrected chi connectivity index (χ4v) is 3.64. The van der Waals surface area contributed by atoms with Crippen molar-refractivity contribution in [2.45, 2.75) is 57.5 Å². The van der Waals surface area contributed by atoms with Crippen molar-refractivity contribution in [3.8, 4) is 0 Å². The van der Waals surface area contributed by atoms with E-state index in [4.69, 9.17) is 0 Å². The Morgan fingerprint density at radius 3 is 2.68 bits per heavy atom. The SMILES string of the molecule is O=C(CCN1CCCC[C@@H]1Cn1cncn1)N1CCCCC1. The topological polar surface area (TPSA) is 54.3 Å². The summed E-state index contributed by atoms with van der Waals surface area (Å²) in [5.74, 6) is 0.338. The van der Waals surface area contributed by atoms with Crippen molar-refractivity contribution >= 4 is 5.91 Å². The molecule has 0 radical (unpaired) electrons. The minimum Gasteiger partial charge on any atom is -0.343 e. The summed E-state index contributed by atoms with van der Waals surface area (Å²) in [7, 11) is 0. The van der Waals surface area contributed by atoms with Crippen molar-refractivity contribution in [2.24, 2.45) is 0 Å². The standard InChI is InChI=1S/C16H27N5O/c22-16(20-9-3-1-4-10-20)7-11-19-8-5-2-6-15(19)12-21-14-17-13-18-21/h13-15H,1-12H2/t15-/m1/s1. The van der Waals surface area contributed by atoms with Crippen molar-refractivity contribution in [1.29, 1.82) is 0 Å². The van der Waals surface area contributed by atoms with Crippen LogP contribution in [0.5, 0.6) is 0 Å². The van der Waals surface area contributed by atoms with Crippen molar-refractivity contribution in [2.75, 3.05) is 26.2 Å². The fraction of sp³-hybridized carbons (Fsp3) is 0.812. The quantitative estimate of drug-likeness (QED) is 0.828. The van der Waals surface area contributed by atoms with Crippen LogP contribution in [0.25, 0.3) is 0 Å². The van der Waals surface area contributed by atoms with Crippen LogP contribution in [-0.2, 0) is 11.3 Å². The lowest BCUT2D eigenvalue weighted by Crippen LogP contribution is -2.44. The number of piperidine rings is 2. The van der Waals surface area contributed by atoms with Crippen LogP contribution in [-0.4, -0.2) is 62.7 Å². The molecule has 22 heavy (non-hydrogen) atoms. The Morgan fingerprint density at radius 2 is 1.91 bits per heavy atom. The molecule has 2 fully saturated rings. The number of nitrogens with zero attached hydrogens (tertiary/aromatic N) is 5. The smallest absolute Gasteiger partial charge is 0.223 e. The third-order valence-corrected chi connectivity index (χ3v) is 4.94. The Bertz CT molecular complexity index is 455. The number of rotatable bonds is 5. The Balaban J connectivity index is 1.49. The first-order chi connectivity index (χ1) is 10.8. The number of aromatic nitrogens is 3. The largest absolute Gasteiger partial charge is 0.343 e. The van der Waals surface area contributed by atoms with Crippen LogP contribution in [0.3, 0.4) is 0 Å². The summed E-state index contributed by atoms with van der Waals surface area (Å²) in [4.78, 5) is 20.9.